The van der Waals surface area contributed by atoms with E-state index < -0.39 is 0 Å². The molecular weight excluding hydrogens is 328 g/mol. The van der Waals surface area contributed by atoms with Crippen molar-refractivity contribution in [2.75, 3.05) is 50.7 Å². The minimum atomic E-state index is -0.0713. The Morgan fingerprint density at radius 1 is 1.08 bits per heavy atom. The van der Waals surface area contributed by atoms with Crippen LogP contribution in [0, 0.1) is 13.8 Å². The van der Waals surface area contributed by atoms with Crippen molar-refractivity contribution in [2.45, 2.75) is 34.1 Å². The molecule has 3 amide bonds. The fraction of sp³-hybridized carbons (Fsp3) is 0.600. The molecule has 0 bridgehead atoms. The van der Waals surface area contributed by atoms with Gasteiger partial charge in [0.05, 0.1) is 0 Å². The van der Waals surface area contributed by atoms with Crippen molar-refractivity contribution in [3.8, 4) is 0 Å². The van der Waals surface area contributed by atoms with Gasteiger partial charge in [0.2, 0.25) is 5.91 Å². The van der Waals surface area contributed by atoms with Gasteiger partial charge in [0.1, 0.15) is 0 Å². The first kappa shape index (κ1) is 20.1. The van der Waals surface area contributed by atoms with Gasteiger partial charge in [-0.2, -0.15) is 0 Å². The summed E-state index contributed by atoms with van der Waals surface area (Å²) in [5, 5.41) is 2.88. The molecule has 1 aliphatic rings. The highest BCUT2D eigenvalue weighted by molar-refractivity contribution is 5.78. The molecule has 1 saturated heterocycles. The van der Waals surface area contributed by atoms with E-state index in [0.717, 1.165) is 13.1 Å². The second kappa shape index (κ2) is 9.46. The third-order valence-electron chi connectivity index (χ3n) is 5.21. The summed E-state index contributed by atoms with van der Waals surface area (Å²) in [5.74, 6) is 0.0926. The van der Waals surface area contributed by atoms with Crippen LogP contribution >= 0.6 is 0 Å². The zero-order valence-corrected chi connectivity index (χ0v) is 16.5. The second-order valence-corrected chi connectivity index (χ2v) is 6.74. The normalized spacial score (nSPS) is 14.3. The predicted molar refractivity (Wildman–Crippen MR) is 106 cm³/mol. The molecule has 1 heterocycles. The molecule has 0 atom stereocenters. The Labute approximate surface area is 157 Å². The zero-order chi connectivity index (χ0) is 19.1. The summed E-state index contributed by atoms with van der Waals surface area (Å²) in [6.07, 6.45) is 0.357. The van der Waals surface area contributed by atoms with Crippen LogP contribution in [0.25, 0.3) is 0 Å². The van der Waals surface area contributed by atoms with Crippen LogP contribution in [-0.4, -0.2) is 67.6 Å². The number of amides is 3. The molecule has 0 saturated carbocycles. The molecule has 6 nitrogen and oxygen atoms in total. The Morgan fingerprint density at radius 2 is 1.73 bits per heavy atom. The minimum Gasteiger partial charge on any atom is -0.368 e. The van der Waals surface area contributed by atoms with E-state index in [4.69, 9.17) is 0 Å². The van der Waals surface area contributed by atoms with Gasteiger partial charge in [-0.25, -0.2) is 4.79 Å². The highest BCUT2D eigenvalue weighted by Gasteiger charge is 2.22. The van der Waals surface area contributed by atoms with Crippen molar-refractivity contribution < 1.29 is 9.59 Å². The van der Waals surface area contributed by atoms with E-state index in [1.165, 1.54) is 16.8 Å². The largest absolute Gasteiger partial charge is 0.368 e. The van der Waals surface area contributed by atoms with E-state index in [9.17, 15) is 9.59 Å². The number of anilines is 1. The monoisotopic (exact) mass is 360 g/mol. The quantitative estimate of drug-likeness (QED) is 0.847. The molecule has 0 radical (unpaired) electrons. The van der Waals surface area contributed by atoms with E-state index in [2.05, 4.69) is 42.3 Å². The Hall–Kier alpha value is -2.24. The minimum absolute atomic E-state index is 0.0713. The average molecular weight is 361 g/mol. The lowest BCUT2D eigenvalue weighted by Crippen LogP contribution is -2.52. The molecule has 6 heteroatoms. The number of carbonyl (C=O) groups is 2. The van der Waals surface area contributed by atoms with Gasteiger partial charge < -0.3 is 20.0 Å². The van der Waals surface area contributed by atoms with Crippen molar-refractivity contribution in [3.63, 3.8) is 0 Å². The summed E-state index contributed by atoms with van der Waals surface area (Å²) in [7, 11) is 0. The maximum atomic E-state index is 12.3. The van der Waals surface area contributed by atoms with Gasteiger partial charge in [-0.3, -0.25) is 4.79 Å². The number of piperazine rings is 1. The molecule has 1 aromatic rings. The molecule has 0 spiro atoms. The van der Waals surface area contributed by atoms with Crippen LogP contribution < -0.4 is 10.2 Å². The fourth-order valence-electron chi connectivity index (χ4n) is 3.35. The maximum absolute atomic E-state index is 12.3. The lowest BCUT2D eigenvalue weighted by atomic mass is 10.1. The molecule has 0 unspecified atom stereocenters. The van der Waals surface area contributed by atoms with Crippen LogP contribution in [0.5, 0.6) is 0 Å². The molecule has 1 aliphatic heterocycles. The smallest absolute Gasteiger partial charge is 0.317 e. The van der Waals surface area contributed by atoms with Crippen molar-refractivity contribution in [1.82, 2.24) is 15.1 Å². The van der Waals surface area contributed by atoms with Gasteiger partial charge in [0.15, 0.2) is 0 Å². The lowest BCUT2D eigenvalue weighted by Gasteiger charge is -2.37. The summed E-state index contributed by atoms with van der Waals surface area (Å²) in [5.41, 5.74) is 3.86. The summed E-state index contributed by atoms with van der Waals surface area (Å²) in [6, 6.07) is 6.29. The van der Waals surface area contributed by atoms with Gasteiger partial charge in [0, 0.05) is 57.9 Å². The molecule has 0 aliphatic carbocycles. The third kappa shape index (κ3) is 4.90. The van der Waals surface area contributed by atoms with Crippen LogP contribution in [-0.2, 0) is 4.79 Å². The van der Waals surface area contributed by atoms with Crippen molar-refractivity contribution in [2.24, 2.45) is 0 Å². The van der Waals surface area contributed by atoms with Crippen molar-refractivity contribution >= 4 is 17.6 Å². The van der Waals surface area contributed by atoms with E-state index in [-0.39, 0.29) is 11.9 Å². The Balaban J connectivity index is 1.78. The van der Waals surface area contributed by atoms with Crippen LogP contribution in [0.15, 0.2) is 18.2 Å². The second-order valence-electron chi connectivity index (χ2n) is 6.74. The predicted octanol–water partition coefficient (Wildman–Crippen LogP) is 2.39. The lowest BCUT2D eigenvalue weighted by molar-refractivity contribution is -0.130. The van der Waals surface area contributed by atoms with Gasteiger partial charge in [-0.05, 0) is 44.9 Å². The Bertz CT molecular complexity index is 620. The number of nitrogens with one attached hydrogen (secondary N) is 1. The highest BCUT2D eigenvalue weighted by atomic mass is 16.2. The van der Waals surface area contributed by atoms with Gasteiger partial charge in [-0.15, -0.1) is 0 Å². The SMILES string of the molecule is CCN(CC)C(=O)CCNC(=O)N1CCN(c2cccc(C)c2C)CC1. The molecular formula is C20H32N4O2. The topological polar surface area (TPSA) is 55.9 Å². The third-order valence-corrected chi connectivity index (χ3v) is 5.21. The van der Waals surface area contributed by atoms with Crippen LogP contribution in [0.3, 0.4) is 0 Å². The molecule has 1 aromatic carbocycles. The zero-order valence-electron chi connectivity index (χ0n) is 16.5. The first-order chi connectivity index (χ1) is 12.5. The molecule has 2 rings (SSSR count). The maximum Gasteiger partial charge on any atom is 0.317 e. The van der Waals surface area contributed by atoms with Crippen molar-refractivity contribution in [1.29, 1.82) is 0 Å². The average Bonchev–Trinajstić information content (AvgIpc) is 2.65. The summed E-state index contributed by atoms with van der Waals surface area (Å²) in [6.45, 7) is 13.1. The number of aryl methyl sites for hydroxylation is 1. The standard InChI is InChI=1S/C20H32N4O2/c1-5-22(6-2)19(25)10-11-21-20(26)24-14-12-23(13-15-24)18-9-7-8-16(3)17(18)4/h7-9H,5-6,10-15H2,1-4H3,(H,21,26). The number of urea groups is 1. The first-order valence-electron chi connectivity index (χ1n) is 9.59. The number of nitrogens with zero attached hydrogens (tertiary/aromatic N) is 3. The van der Waals surface area contributed by atoms with Crippen molar-refractivity contribution in [3.05, 3.63) is 29.3 Å². The first-order valence-corrected chi connectivity index (χ1v) is 9.59. The van der Waals surface area contributed by atoms with Gasteiger partial charge in [-0.1, -0.05) is 12.1 Å². The fourth-order valence-corrected chi connectivity index (χ4v) is 3.35. The molecule has 1 fully saturated rings. The van der Waals surface area contributed by atoms with E-state index >= 15 is 0 Å². The number of hydrogen-bond acceptors (Lipinski definition) is 3. The number of benzene rings is 1. The molecule has 144 valence electrons. The van der Waals surface area contributed by atoms with E-state index in [0.29, 0.717) is 39.1 Å². The van der Waals surface area contributed by atoms with Crippen LogP contribution in [0.4, 0.5) is 10.5 Å². The number of rotatable bonds is 6. The molecule has 0 aromatic heterocycles. The summed E-state index contributed by atoms with van der Waals surface area (Å²) >= 11 is 0. The number of carbonyl (C=O) groups excluding carboxylic acids is 2. The van der Waals surface area contributed by atoms with Crippen LogP contribution in [0.1, 0.15) is 31.4 Å². The van der Waals surface area contributed by atoms with Gasteiger partial charge >= 0.3 is 6.03 Å². The number of hydrogen-bond donors (Lipinski definition) is 1. The van der Waals surface area contributed by atoms with Gasteiger partial charge in [0.25, 0.3) is 0 Å². The molecule has 1 N–H and O–H groups in total. The summed E-state index contributed by atoms with van der Waals surface area (Å²) in [4.78, 5) is 30.3. The van der Waals surface area contributed by atoms with Crippen LogP contribution in [0.2, 0.25) is 0 Å². The van der Waals surface area contributed by atoms with E-state index in [1.807, 2.05) is 18.7 Å². The summed E-state index contributed by atoms with van der Waals surface area (Å²) < 4.78 is 0. The Kier molecular flexibility index (Phi) is 7.30. The van der Waals surface area contributed by atoms with E-state index in [1.54, 1.807) is 4.90 Å². The highest BCUT2D eigenvalue weighted by Crippen LogP contribution is 2.23. The molecule has 26 heavy (non-hydrogen) atoms. The Morgan fingerprint density at radius 3 is 2.35 bits per heavy atom.